The normalized spacial score (nSPS) is 14.9. The highest BCUT2D eigenvalue weighted by atomic mass is 35.5. The van der Waals surface area contributed by atoms with Gasteiger partial charge >= 0.3 is 0 Å². The molecule has 6 heteroatoms. The van der Waals surface area contributed by atoms with Gasteiger partial charge in [0.25, 0.3) is 0 Å². The first kappa shape index (κ1) is 17.2. The average molecular weight is 284 g/mol. The number of halogens is 4. The summed E-state index contributed by atoms with van der Waals surface area (Å²) in [6.07, 6.45) is -1.11. The third-order valence-corrected chi connectivity index (χ3v) is 2.61. The molecule has 1 aromatic rings. The zero-order chi connectivity index (χ0) is 13.4. The van der Waals surface area contributed by atoms with E-state index in [4.69, 9.17) is 5.73 Å². The minimum absolute atomic E-state index is 0. The van der Waals surface area contributed by atoms with Gasteiger partial charge in [0, 0.05) is 11.6 Å². The topological polar surface area (TPSA) is 46.2 Å². The highest BCUT2D eigenvalue weighted by Gasteiger charge is 2.31. The Balaban J connectivity index is 0.00000289. The molecule has 0 aliphatic carbocycles. The quantitative estimate of drug-likeness (QED) is 0.820. The molecule has 0 heterocycles. The molecule has 1 rings (SSSR count). The smallest absolute Gasteiger partial charge is 0.163 e. The van der Waals surface area contributed by atoms with E-state index in [1.165, 1.54) is 0 Å². The molecule has 1 aromatic carbocycles. The van der Waals surface area contributed by atoms with Crippen LogP contribution in [-0.2, 0) is 0 Å². The maximum absolute atomic E-state index is 13.4. The van der Waals surface area contributed by atoms with Crippen LogP contribution in [0.3, 0.4) is 0 Å². The summed E-state index contributed by atoms with van der Waals surface area (Å²) in [6, 6.07) is 0.0627. The van der Waals surface area contributed by atoms with Gasteiger partial charge in [0.15, 0.2) is 11.6 Å². The van der Waals surface area contributed by atoms with Crippen LogP contribution in [0.15, 0.2) is 12.1 Å². The number of aliphatic hydroxyl groups excluding tert-OH is 1. The van der Waals surface area contributed by atoms with Crippen molar-refractivity contribution < 1.29 is 18.3 Å². The molecule has 0 fully saturated rings. The van der Waals surface area contributed by atoms with Crippen LogP contribution in [0.2, 0.25) is 0 Å². The molecule has 0 amide bonds. The first-order chi connectivity index (χ1) is 7.64. The molecular formula is C12H17ClF3NO. The van der Waals surface area contributed by atoms with E-state index in [1.807, 2.05) is 0 Å². The maximum Gasteiger partial charge on any atom is 0.163 e. The molecule has 0 aromatic heterocycles. The molecule has 104 valence electrons. The molecule has 3 N–H and O–H groups in total. The van der Waals surface area contributed by atoms with E-state index in [-0.39, 0.29) is 18.0 Å². The molecule has 0 unspecified atom stereocenters. The van der Waals surface area contributed by atoms with Crippen molar-refractivity contribution in [2.75, 3.05) is 0 Å². The third-order valence-electron chi connectivity index (χ3n) is 2.61. The van der Waals surface area contributed by atoms with Crippen molar-refractivity contribution in [3.63, 3.8) is 0 Å². The van der Waals surface area contributed by atoms with Crippen LogP contribution in [0.1, 0.15) is 32.4 Å². The number of rotatable bonds is 2. The fraction of sp³-hybridized carbons (Fsp3) is 0.500. The SMILES string of the molecule is CC(C)(C)[C@@H](O)[C@@H](N)c1cc(F)cc(F)c1F.Cl. The van der Waals surface area contributed by atoms with Crippen LogP contribution in [0.5, 0.6) is 0 Å². The van der Waals surface area contributed by atoms with Gasteiger partial charge in [-0.2, -0.15) is 0 Å². The molecule has 0 saturated carbocycles. The van der Waals surface area contributed by atoms with Gasteiger partial charge in [-0.1, -0.05) is 20.8 Å². The Morgan fingerprint density at radius 3 is 2.11 bits per heavy atom. The third kappa shape index (κ3) is 3.60. The average Bonchev–Trinajstić information content (AvgIpc) is 2.20. The van der Waals surface area contributed by atoms with Gasteiger partial charge in [0.1, 0.15) is 5.82 Å². The van der Waals surface area contributed by atoms with Crippen molar-refractivity contribution >= 4 is 12.4 Å². The summed E-state index contributed by atoms with van der Waals surface area (Å²) in [7, 11) is 0. The maximum atomic E-state index is 13.4. The predicted octanol–water partition coefficient (Wildman–Crippen LogP) is 2.93. The molecule has 2 nitrogen and oxygen atoms in total. The Morgan fingerprint density at radius 2 is 1.67 bits per heavy atom. The van der Waals surface area contributed by atoms with Crippen LogP contribution in [0.25, 0.3) is 0 Å². The highest BCUT2D eigenvalue weighted by Crippen LogP contribution is 2.30. The van der Waals surface area contributed by atoms with Crippen molar-refractivity contribution in [2.24, 2.45) is 11.1 Å². The van der Waals surface area contributed by atoms with Gasteiger partial charge < -0.3 is 10.8 Å². The minimum Gasteiger partial charge on any atom is -0.391 e. The lowest BCUT2D eigenvalue weighted by atomic mass is 9.82. The van der Waals surface area contributed by atoms with Crippen LogP contribution in [0.4, 0.5) is 13.2 Å². The number of benzene rings is 1. The van der Waals surface area contributed by atoms with Gasteiger partial charge in [-0.3, -0.25) is 0 Å². The van der Waals surface area contributed by atoms with Crippen molar-refractivity contribution in [2.45, 2.75) is 32.9 Å². The van der Waals surface area contributed by atoms with Gasteiger partial charge in [-0.05, 0) is 11.5 Å². The highest BCUT2D eigenvalue weighted by molar-refractivity contribution is 5.85. The minimum atomic E-state index is -1.31. The second-order valence-corrected chi connectivity index (χ2v) is 5.13. The molecular weight excluding hydrogens is 267 g/mol. The summed E-state index contributed by atoms with van der Waals surface area (Å²) in [4.78, 5) is 0. The zero-order valence-corrected chi connectivity index (χ0v) is 11.2. The fourth-order valence-corrected chi connectivity index (χ4v) is 1.53. The zero-order valence-electron chi connectivity index (χ0n) is 10.4. The van der Waals surface area contributed by atoms with Crippen molar-refractivity contribution in [1.29, 1.82) is 0 Å². The largest absolute Gasteiger partial charge is 0.391 e. The molecule has 0 spiro atoms. The van der Waals surface area contributed by atoms with E-state index >= 15 is 0 Å². The molecule has 0 bridgehead atoms. The second kappa shape index (κ2) is 5.91. The van der Waals surface area contributed by atoms with E-state index in [0.29, 0.717) is 6.07 Å². The van der Waals surface area contributed by atoms with E-state index in [2.05, 4.69) is 0 Å². The van der Waals surface area contributed by atoms with Crippen LogP contribution in [-0.4, -0.2) is 11.2 Å². The monoisotopic (exact) mass is 283 g/mol. The number of nitrogens with two attached hydrogens (primary N) is 1. The van der Waals surface area contributed by atoms with E-state index in [1.54, 1.807) is 20.8 Å². The molecule has 0 radical (unpaired) electrons. The summed E-state index contributed by atoms with van der Waals surface area (Å²) in [5.74, 6) is -3.45. The Kier molecular flexibility index (Phi) is 5.65. The summed E-state index contributed by atoms with van der Waals surface area (Å²) in [5.41, 5.74) is 4.67. The standard InChI is InChI=1S/C12H16F3NO.ClH/c1-12(2,3)11(17)10(16)7-4-6(13)5-8(14)9(7)15;/h4-5,10-11,17H,16H2,1-3H3;1H/t10-,11-;/m0./s1. The Labute approximate surface area is 110 Å². The number of hydrogen-bond acceptors (Lipinski definition) is 2. The van der Waals surface area contributed by atoms with Crippen molar-refractivity contribution in [1.82, 2.24) is 0 Å². The van der Waals surface area contributed by atoms with Crippen molar-refractivity contribution in [3.05, 3.63) is 35.1 Å². The molecule has 18 heavy (non-hydrogen) atoms. The first-order valence-corrected chi connectivity index (χ1v) is 5.22. The molecule has 0 saturated heterocycles. The van der Waals surface area contributed by atoms with E-state index in [9.17, 15) is 18.3 Å². The number of aliphatic hydroxyl groups is 1. The summed E-state index contributed by atoms with van der Waals surface area (Å²) >= 11 is 0. The van der Waals surface area contributed by atoms with Gasteiger partial charge in [0.05, 0.1) is 12.1 Å². The van der Waals surface area contributed by atoms with Gasteiger partial charge in [-0.25, -0.2) is 13.2 Å². The Morgan fingerprint density at radius 1 is 1.17 bits per heavy atom. The predicted molar refractivity (Wildman–Crippen MR) is 66.0 cm³/mol. The fourth-order valence-electron chi connectivity index (χ4n) is 1.53. The second-order valence-electron chi connectivity index (χ2n) is 5.13. The summed E-state index contributed by atoms with van der Waals surface area (Å²) in [5, 5.41) is 9.88. The molecule has 2 atom stereocenters. The van der Waals surface area contributed by atoms with E-state index < -0.39 is 35.0 Å². The van der Waals surface area contributed by atoms with Crippen molar-refractivity contribution in [3.8, 4) is 0 Å². The van der Waals surface area contributed by atoms with Crippen LogP contribution in [0, 0.1) is 22.9 Å². The van der Waals surface area contributed by atoms with Crippen LogP contribution >= 0.6 is 12.4 Å². The lowest BCUT2D eigenvalue weighted by Gasteiger charge is -2.31. The Bertz CT molecular complexity index is 421. The summed E-state index contributed by atoms with van der Waals surface area (Å²) in [6.45, 7) is 5.10. The molecule has 0 aliphatic rings. The first-order valence-electron chi connectivity index (χ1n) is 5.22. The lowest BCUT2D eigenvalue weighted by Crippen LogP contribution is -2.37. The lowest BCUT2D eigenvalue weighted by molar-refractivity contribution is 0.0389. The van der Waals surface area contributed by atoms with Gasteiger partial charge in [-0.15, -0.1) is 12.4 Å². The van der Waals surface area contributed by atoms with E-state index in [0.717, 1.165) is 6.07 Å². The van der Waals surface area contributed by atoms with Gasteiger partial charge in [0.2, 0.25) is 0 Å². The molecule has 0 aliphatic heterocycles. The van der Waals surface area contributed by atoms with Crippen LogP contribution < -0.4 is 5.73 Å². The Hall–Kier alpha value is -0.780. The summed E-state index contributed by atoms with van der Waals surface area (Å²) < 4.78 is 39.4. The number of hydrogen-bond donors (Lipinski definition) is 2.